The first-order valence-electron chi connectivity index (χ1n) is 5.23. The van der Waals surface area contributed by atoms with Crippen LogP contribution in [0.2, 0.25) is 0 Å². The lowest BCUT2D eigenvalue weighted by molar-refractivity contribution is -0.387. The fourth-order valence-electron chi connectivity index (χ4n) is 1.54. The number of rotatable bonds is 5. The van der Waals surface area contributed by atoms with E-state index in [0.717, 1.165) is 0 Å². The van der Waals surface area contributed by atoms with Crippen molar-refractivity contribution in [3.63, 3.8) is 0 Å². The number of para-hydroxylation sites is 1. The minimum atomic E-state index is -1.95. The van der Waals surface area contributed by atoms with E-state index in [4.69, 9.17) is 5.11 Å². The summed E-state index contributed by atoms with van der Waals surface area (Å²) in [7, 11) is -1.95. The number of carboxylic acids is 1. The van der Waals surface area contributed by atoms with E-state index in [1.54, 1.807) is 13.8 Å². The molecule has 2 atom stereocenters. The van der Waals surface area contributed by atoms with E-state index in [-0.39, 0.29) is 16.5 Å². The van der Waals surface area contributed by atoms with Gasteiger partial charge in [0.2, 0.25) is 0 Å². The molecule has 6 nitrogen and oxygen atoms in total. The minimum absolute atomic E-state index is 0.0522. The first-order valence-corrected chi connectivity index (χ1v) is 6.44. The van der Waals surface area contributed by atoms with E-state index in [1.807, 2.05) is 0 Å². The summed E-state index contributed by atoms with van der Waals surface area (Å²) in [5.41, 5.74) is -0.317. The molecule has 18 heavy (non-hydrogen) atoms. The zero-order chi connectivity index (χ0) is 13.9. The predicted molar refractivity (Wildman–Crippen MR) is 65.8 cm³/mol. The topological polar surface area (TPSA) is 97.5 Å². The second-order valence-corrected chi connectivity index (χ2v) is 5.57. The zero-order valence-electron chi connectivity index (χ0n) is 9.90. The van der Waals surface area contributed by atoms with Crippen molar-refractivity contribution in [1.82, 2.24) is 0 Å². The SMILES string of the molecule is CC(C)C(C(=O)O)S(=O)c1ccccc1[N+](=O)[O-]. The molecule has 0 aliphatic carbocycles. The second-order valence-electron chi connectivity index (χ2n) is 4.03. The molecular weight excluding hydrogens is 258 g/mol. The first-order chi connectivity index (χ1) is 8.36. The Labute approximate surface area is 106 Å². The van der Waals surface area contributed by atoms with Gasteiger partial charge in [-0.1, -0.05) is 26.0 Å². The van der Waals surface area contributed by atoms with Crippen LogP contribution in [0, 0.1) is 16.0 Å². The molecule has 0 fully saturated rings. The molecule has 0 amide bonds. The van der Waals surface area contributed by atoms with Gasteiger partial charge in [-0.3, -0.25) is 19.1 Å². The van der Waals surface area contributed by atoms with Crippen molar-refractivity contribution in [3.05, 3.63) is 34.4 Å². The molecule has 0 saturated heterocycles. The Morgan fingerprint density at radius 2 is 1.94 bits per heavy atom. The second kappa shape index (κ2) is 5.72. The highest BCUT2D eigenvalue weighted by Gasteiger charge is 2.32. The quantitative estimate of drug-likeness (QED) is 0.650. The van der Waals surface area contributed by atoms with Crippen molar-refractivity contribution in [1.29, 1.82) is 0 Å². The van der Waals surface area contributed by atoms with Gasteiger partial charge in [0.05, 0.1) is 15.7 Å². The molecule has 1 aromatic carbocycles. The highest BCUT2D eigenvalue weighted by molar-refractivity contribution is 7.86. The molecule has 0 bridgehead atoms. The van der Waals surface area contributed by atoms with Crippen molar-refractivity contribution in [3.8, 4) is 0 Å². The number of benzene rings is 1. The lowest BCUT2D eigenvalue weighted by Gasteiger charge is -2.15. The summed E-state index contributed by atoms with van der Waals surface area (Å²) in [5, 5.41) is 18.7. The summed E-state index contributed by atoms with van der Waals surface area (Å²) in [5.74, 6) is -1.61. The van der Waals surface area contributed by atoms with Crippen LogP contribution in [0.3, 0.4) is 0 Å². The molecule has 0 aliphatic rings. The Morgan fingerprint density at radius 3 is 2.39 bits per heavy atom. The van der Waals surface area contributed by atoms with Gasteiger partial charge in [-0.25, -0.2) is 0 Å². The van der Waals surface area contributed by atoms with Crippen LogP contribution in [0.1, 0.15) is 13.8 Å². The molecule has 98 valence electrons. The van der Waals surface area contributed by atoms with Crippen LogP contribution < -0.4 is 0 Å². The first kappa shape index (κ1) is 14.3. The average molecular weight is 271 g/mol. The lowest BCUT2D eigenvalue weighted by atomic mass is 10.1. The smallest absolute Gasteiger partial charge is 0.319 e. The summed E-state index contributed by atoms with van der Waals surface area (Å²) in [6.07, 6.45) is 0. The van der Waals surface area contributed by atoms with Crippen LogP contribution >= 0.6 is 0 Å². The third kappa shape index (κ3) is 2.92. The molecule has 0 spiro atoms. The van der Waals surface area contributed by atoms with E-state index in [2.05, 4.69) is 0 Å². The lowest BCUT2D eigenvalue weighted by Crippen LogP contribution is -2.31. The van der Waals surface area contributed by atoms with Gasteiger partial charge in [-0.05, 0) is 12.0 Å². The fraction of sp³-hybridized carbons (Fsp3) is 0.364. The molecule has 2 unspecified atom stereocenters. The summed E-state index contributed by atoms with van der Waals surface area (Å²) in [6, 6.07) is 5.49. The number of aliphatic carboxylic acids is 1. The van der Waals surface area contributed by atoms with Gasteiger partial charge in [-0.2, -0.15) is 0 Å². The van der Waals surface area contributed by atoms with Crippen molar-refractivity contribution in [2.45, 2.75) is 24.0 Å². The van der Waals surface area contributed by atoms with Crippen LogP contribution in [0.15, 0.2) is 29.2 Å². The van der Waals surface area contributed by atoms with Crippen LogP contribution in [-0.4, -0.2) is 25.5 Å². The van der Waals surface area contributed by atoms with E-state index in [1.165, 1.54) is 24.3 Å². The molecule has 7 heteroatoms. The highest BCUT2D eigenvalue weighted by Crippen LogP contribution is 2.26. The van der Waals surface area contributed by atoms with Gasteiger partial charge >= 0.3 is 5.97 Å². The van der Waals surface area contributed by atoms with Gasteiger partial charge in [0, 0.05) is 6.07 Å². The molecule has 1 aromatic rings. The number of carboxylic acid groups (broad SMARTS) is 1. The fourth-order valence-corrected chi connectivity index (χ4v) is 3.05. The van der Waals surface area contributed by atoms with Crippen LogP contribution in [0.4, 0.5) is 5.69 Å². The van der Waals surface area contributed by atoms with Crippen molar-refractivity contribution in [2.24, 2.45) is 5.92 Å². The van der Waals surface area contributed by atoms with E-state index < -0.39 is 26.9 Å². The summed E-state index contributed by atoms with van der Waals surface area (Å²) >= 11 is 0. The number of hydrogen-bond acceptors (Lipinski definition) is 4. The maximum atomic E-state index is 12.2. The third-order valence-corrected chi connectivity index (χ3v) is 4.34. The molecule has 0 heterocycles. The molecule has 1 N–H and O–H groups in total. The molecule has 0 aromatic heterocycles. The molecule has 0 aliphatic heterocycles. The van der Waals surface area contributed by atoms with E-state index >= 15 is 0 Å². The van der Waals surface area contributed by atoms with Gasteiger partial charge in [0.25, 0.3) is 5.69 Å². The van der Waals surface area contributed by atoms with E-state index in [9.17, 15) is 19.1 Å². The van der Waals surface area contributed by atoms with Gasteiger partial charge < -0.3 is 5.11 Å². The van der Waals surface area contributed by atoms with Crippen LogP contribution in [0.5, 0.6) is 0 Å². The van der Waals surface area contributed by atoms with Crippen molar-refractivity contribution in [2.75, 3.05) is 0 Å². The largest absolute Gasteiger partial charge is 0.480 e. The molecule has 1 rings (SSSR count). The Kier molecular flexibility index (Phi) is 4.55. The van der Waals surface area contributed by atoms with Gasteiger partial charge in [-0.15, -0.1) is 0 Å². The average Bonchev–Trinajstić information content (AvgIpc) is 2.27. The zero-order valence-corrected chi connectivity index (χ0v) is 10.7. The van der Waals surface area contributed by atoms with Crippen LogP contribution in [0.25, 0.3) is 0 Å². The molecule has 0 saturated carbocycles. The number of nitro groups is 1. The predicted octanol–water partition coefficient (Wildman–Crippen LogP) is 1.81. The monoisotopic (exact) mass is 271 g/mol. The minimum Gasteiger partial charge on any atom is -0.480 e. The number of nitrogens with zero attached hydrogens (tertiary/aromatic N) is 1. The summed E-state index contributed by atoms with van der Waals surface area (Å²) in [6.45, 7) is 3.23. The number of nitro benzene ring substituents is 1. The molecule has 0 radical (unpaired) electrons. The standard InChI is InChI=1S/C11H13NO5S/c1-7(2)10(11(13)14)18(17)9-6-4-3-5-8(9)12(15)16/h3-7,10H,1-2H3,(H,13,14). The normalized spacial score (nSPS) is 14.2. The number of carbonyl (C=O) groups is 1. The Balaban J connectivity index is 3.25. The van der Waals surface area contributed by atoms with Crippen molar-refractivity contribution >= 4 is 22.5 Å². The van der Waals surface area contributed by atoms with E-state index in [0.29, 0.717) is 0 Å². The summed E-state index contributed by atoms with van der Waals surface area (Å²) in [4.78, 5) is 21.2. The third-order valence-electron chi connectivity index (χ3n) is 2.36. The summed E-state index contributed by atoms with van der Waals surface area (Å²) < 4.78 is 12.2. The van der Waals surface area contributed by atoms with Crippen molar-refractivity contribution < 1.29 is 19.0 Å². The number of hydrogen-bond donors (Lipinski definition) is 1. The Bertz CT molecular complexity index is 500. The molecular formula is C11H13NO5S. The van der Waals surface area contributed by atoms with Crippen LogP contribution in [-0.2, 0) is 15.6 Å². The van der Waals surface area contributed by atoms with Gasteiger partial charge in [0.1, 0.15) is 10.1 Å². The Morgan fingerprint density at radius 1 is 1.39 bits per heavy atom. The highest BCUT2D eigenvalue weighted by atomic mass is 32.2. The Hall–Kier alpha value is -1.76. The maximum Gasteiger partial charge on any atom is 0.319 e. The van der Waals surface area contributed by atoms with Gasteiger partial charge in [0.15, 0.2) is 0 Å². The maximum absolute atomic E-state index is 12.2.